The molecule has 0 spiro atoms. The van der Waals surface area contributed by atoms with Gasteiger partial charge in [0.25, 0.3) is 10.0 Å². The quantitative estimate of drug-likeness (QED) is 0.709. The van der Waals surface area contributed by atoms with Crippen LogP contribution in [-0.4, -0.2) is 62.3 Å². The van der Waals surface area contributed by atoms with E-state index in [1.54, 1.807) is 11.6 Å². The largest absolute Gasteiger partial charge is 0.379 e. The molecule has 0 aliphatic carbocycles. The van der Waals surface area contributed by atoms with Gasteiger partial charge in [0, 0.05) is 32.9 Å². The van der Waals surface area contributed by atoms with Gasteiger partial charge in [-0.2, -0.15) is 0 Å². The number of aryl methyl sites for hydroxylation is 1. The highest BCUT2D eigenvalue weighted by molar-refractivity contribution is 7.89. The molecule has 0 radical (unpaired) electrons. The van der Waals surface area contributed by atoms with E-state index in [1.165, 1.54) is 12.5 Å². The van der Waals surface area contributed by atoms with Crippen LogP contribution in [0.1, 0.15) is 6.42 Å². The van der Waals surface area contributed by atoms with Gasteiger partial charge in [-0.15, -0.1) is 0 Å². The van der Waals surface area contributed by atoms with E-state index < -0.39 is 10.0 Å². The number of hydrogen-bond acceptors (Lipinski definition) is 5. The van der Waals surface area contributed by atoms with Crippen molar-refractivity contribution in [2.45, 2.75) is 11.4 Å². The minimum absolute atomic E-state index is 0.0707. The van der Waals surface area contributed by atoms with Gasteiger partial charge in [-0.25, -0.2) is 18.1 Å². The zero-order valence-corrected chi connectivity index (χ0v) is 11.9. The SMILES string of the molecule is Cn1cnc(S(=O)(=O)NCCCN2CCOCC2)c1. The smallest absolute Gasteiger partial charge is 0.259 e. The van der Waals surface area contributed by atoms with Gasteiger partial charge in [-0.05, 0) is 13.0 Å². The zero-order valence-electron chi connectivity index (χ0n) is 11.1. The molecule has 19 heavy (non-hydrogen) atoms. The normalized spacial score (nSPS) is 17.7. The molecule has 1 saturated heterocycles. The zero-order chi connectivity index (χ0) is 13.7. The lowest BCUT2D eigenvalue weighted by molar-refractivity contribution is 0.0376. The first-order valence-electron chi connectivity index (χ1n) is 6.36. The first-order chi connectivity index (χ1) is 9.08. The second kappa shape index (κ2) is 6.47. The maximum atomic E-state index is 11.9. The molecule has 0 atom stereocenters. The Labute approximate surface area is 113 Å². The van der Waals surface area contributed by atoms with Gasteiger partial charge in [-0.3, -0.25) is 4.90 Å². The number of ether oxygens (including phenoxy) is 1. The number of morpholine rings is 1. The summed E-state index contributed by atoms with van der Waals surface area (Å²) in [6.07, 6.45) is 3.75. The summed E-state index contributed by atoms with van der Waals surface area (Å²) in [5.41, 5.74) is 0. The minimum Gasteiger partial charge on any atom is -0.379 e. The van der Waals surface area contributed by atoms with Crippen LogP contribution in [0.2, 0.25) is 0 Å². The molecule has 1 N–H and O–H groups in total. The van der Waals surface area contributed by atoms with Gasteiger partial charge in [0.15, 0.2) is 5.03 Å². The Bertz CT molecular complexity index is 494. The molecule has 1 aromatic heterocycles. The molecule has 0 saturated carbocycles. The molecule has 2 heterocycles. The number of aromatic nitrogens is 2. The third-order valence-corrected chi connectivity index (χ3v) is 4.35. The monoisotopic (exact) mass is 288 g/mol. The van der Waals surface area contributed by atoms with Crippen LogP contribution in [0.4, 0.5) is 0 Å². The maximum Gasteiger partial charge on any atom is 0.259 e. The topological polar surface area (TPSA) is 76.5 Å². The van der Waals surface area contributed by atoms with Crippen molar-refractivity contribution in [3.63, 3.8) is 0 Å². The Hall–Kier alpha value is -0.960. The summed E-state index contributed by atoms with van der Waals surface area (Å²) < 4.78 is 33.2. The summed E-state index contributed by atoms with van der Waals surface area (Å²) in [6.45, 7) is 4.68. The van der Waals surface area contributed by atoms with Gasteiger partial charge < -0.3 is 9.30 Å². The lowest BCUT2D eigenvalue weighted by Gasteiger charge is -2.26. The maximum absolute atomic E-state index is 11.9. The van der Waals surface area contributed by atoms with E-state index in [-0.39, 0.29) is 5.03 Å². The standard InChI is InChI=1S/C11H20N4O3S/c1-14-9-11(12-10-14)19(16,17)13-3-2-4-15-5-7-18-8-6-15/h9-10,13H,2-8H2,1H3. The highest BCUT2D eigenvalue weighted by Gasteiger charge is 2.16. The third-order valence-electron chi connectivity index (χ3n) is 3.00. The van der Waals surface area contributed by atoms with Crippen LogP contribution in [0.15, 0.2) is 17.6 Å². The molecule has 2 rings (SSSR count). The lowest BCUT2D eigenvalue weighted by atomic mass is 10.3. The summed E-state index contributed by atoms with van der Waals surface area (Å²) in [6, 6.07) is 0. The summed E-state index contributed by atoms with van der Waals surface area (Å²) in [5.74, 6) is 0. The van der Waals surface area contributed by atoms with Crippen LogP contribution in [0.25, 0.3) is 0 Å². The second-order valence-electron chi connectivity index (χ2n) is 4.58. The molecule has 8 heteroatoms. The summed E-state index contributed by atoms with van der Waals surface area (Å²) in [4.78, 5) is 6.12. The second-order valence-corrected chi connectivity index (χ2v) is 6.30. The van der Waals surface area contributed by atoms with Gasteiger partial charge in [0.1, 0.15) is 0 Å². The Kier molecular flexibility index (Phi) is 4.92. The van der Waals surface area contributed by atoms with Gasteiger partial charge in [-0.1, -0.05) is 0 Å². The molecule has 108 valence electrons. The number of nitrogens with one attached hydrogen (secondary N) is 1. The van der Waals surface area contributed by atoms with Crippen molar-refractivity contribution < 1.29 is 13.2 Å². The van der Waals surface area contributed by atoms with Crippen molar-refractivity contribution in [2.75, 3.05) is 39.4 Å². The predicted molar refractivity (Wildman–Crippen MR) is 70.3 cm³/mol. The van der Waals surface area contributed by atoms with Crippen LogP contribution in [0.3, 0.4) is 0 Å². The molecule has 1 aliphatic rings. The number of sulfonamides is 1. The van der Waals surface area contributed by atoms with Crippen LogP contribution in [-0.2, 0) is 21.8 Å². The molecule has 1 aromatic rings. The summed E-state index contributed by atoms with van der Waals surface area (Å²) in [5, 5.41) is 0.0707. The molecule has 0 bridgehead atoms. The van der Waals surface area contributed by atoms with Crippen molar-refractivity contribution in [1.82, 2.24) is 19.2 Å². The van der Waals surface area contributed by atoms with Crippen molar-refractivity contribution in [3.05, 3.63) is 12.5 Å². The molecule has 7 nitrogen and oxygen atoms in total. The number of hydrogen-bond donors (Lipinski definition) is 1. The molecule has 0 aromatic carbocycles. The van der Waals surface area contributed by atoms with Crippen molar-refractivity contribution in [1.29, 1.82) is 0 Å². The number of rotatable bonds is 6. The number of imidazole rings is 1. The van der Waals surface area contributed by atoms with Crippen LogP contribution >= 0.6 is 0 Å². The lowest BCUT2D eigenvalue weighted by Crippen LogP contribution is -2.38. The Morgan fingerprint density at radius 1 is 1.42 bits per heavy atom. The molecular weight excluding hydrogens is 268 g/mol. The highest BCUT2D eigenvalue weighted by Crippen LogP contribution is 2.04. The fourth-order valence-electron chi connectivity index (χ4n) is 1.94. The van der Waals surface area contributed by atoms with Crippen LogP contribution in [0, 0.1) is 0 Å². The van der Waals surface area contributed by atoms with E-state index in [9.17, 15) is 8.42 Å². The Balaban J connectivity index is 1.72. The molecule has 0 unspecified atom stereocenters. The highest BCUT2D eigenvalue weighted by atomic mass is 32.2. The Morgan fingerprint density at radius 2 is 2.16 bits per heavy atom. The van der Waals surface area contributed by atoms with Crippen LogP contribution < -0.4 is 4.72 Å². The van der Waals surface area contributed by atoms with Gasteiger partial charge in [0.05, 0.1) is 19.5 Å². The molecule has 0 amide bonds. The van der Waals surface area contributed by atoms with E-state index >= 15 is 0 Å². The fourth-order valence-corrected chi connectivity index (χ4v) is 2.99. The predicted octanol–water partition coefficient (Wildman–Crippen LogP) is -0.579. The Morgan fingerprint density at radius 3 is 2.79 bits per heavy atom. The first kappa shape index (κ1) is 14.4. The third kappa shape index (κ3) is 4.27. The van der Waals surface area contributed by atoms with E-state index in [2.05, 4.69) is 14.6 Å². The summed E-state index contributed by atoms with van der Waals surface area (Å²) in [7, 11) is -1.73. The molecular formula is C11H20N4O3S. The molecule has 1 fully saturated rings. The average Bonchev–Trinajstić information content (AvgIpc) is 2.84. The van der Waals surface area contributed by atoms with Crippen molar-refractivity contribution in [3.8, 4) is 0 Å². The first-order valence-corrected chi connectivity index (χ1v) is 7.84. The van der Waals surface area contributed by atoms with Crippen LogP contribution in [0.5, 0.6) is 0 Å². The van der Waals surface area contributed by atoms with Gasteiger partial charge >= 0.3 is 0 Å². The number of nitrogens with zero attached hydrogens (tertiary/aromatic N) is 3. The molecule has 1 aliphatic heterocycles. The van der Waals surface area contributed by atoms with Crippen molar-refractivity contribution >= 4 is 10.0 Å². The summed E-state index contributed by atoms with van der Waals surface area (Å²) >= 11 is 0. The van der Waals surface area contributed by atoms with E-state index in [4.69, 9.17) is 4.74 Å². The average molecular weight is 288 g/mol. The minimum atomic E-state index is -3.47. The van der Waals surface area contributed by atoms with E-state index in [0.29, 0.717) is 6.54 Å². The van der Waals surface area contributed by atoms with Gasteiger partial charge in [0.2, 0.25) is 0 Å². The van der Waals surface area contributed by atoms with E-state index in [1.807, 2.05) is 0 Å². The fraction of sp³-hybridized carbons (Fsp3) is 0.727. The van der Waals surface area contributed by atoms with E-state index in [0.717, 1.165) is 39.3 Å². The van der Waals surface area contributed by atoms with Crippen molar-refractivity contribution in [2.24, 2.45) is 7.05 Å².